The Hall–Kier alpha value is -4.29. The third-order valence-electron chi connectivity index (χ3n) is 7.75. The molecule has 1 heterocycles. The number of ether oxygens (including phenoxy) is 1. The molecule has 2 aromatic carbocycles. The van der Waals surface area contributed by atoms with Crippen LogP contribution >= 0.6 is 0 Å². The van der Waals surface area contributed by atoms with Crippen LogP contribution in [0.5, 0.6) is 0 Å². The van der Waals surface area contributed by atoms with Gasteiger partial charge in [-0.2, -0.15) is 0 Å². The molecule has 11 heteroatoms. The summed E-state index contributed by atoms with van der Waals surface area (Å²) in [6.07, 6.45) is -0.686. The number of carbonyl (C=O) groups is 4. The number of ketones is 2. The molecular weight excluding hydrogens is 574 g/mol. The molecule has 3 unspecified atom stereocenters. The fourth-order valence-corrected chi connectivity index (χ4v) is 4.75. The molecule has 5 atom stereocenters. The molecular formula is C34H43N5O6. The van der Waals surface area contributed by atoms with Crippen molar-refractivity contribution in [2.75, 3.05) is 0 Å². The van der Waals surface area contributed by atoms with Gasteiger partial charge in [0.15, 0.2) is 11.6 Å². The maximum absolute atomic E-state index is 14.0. The van der Waals surface area contributed by atoms with Crippen LogP contribution in [0.15, 0.2) is 66.9 Å². The first-order valence-corrected chi connectivity index (χ1v) is 14.9. The molecule has 0 spiro atoms. The molecule has 3 aromatic rings. The number of aliphatic hydroxyl groups is 1. The molecule has 0 saturated carbocycles. The third kappa shape index (κ3) is 9.11. The van der Waals surface area contributed by atoms with Gasteiger partial charge in [-0.15, -0.1) is 0 Å². The van der Waals surface area contributed by atoms with E-state index in [2.05, 4.69) is 10.3 Å². The van der Waals surface area contributed by atoms with E-state index in [1.54, 1.807) is 38.1 Å². The first-order chi connectivity index (χ1) is 21.3. The Kier molecular flexibility index (Phi) is 12.6. The maximum Gasteiger partial charge on any atom is 0.340 e. The van der Waals surface area contributed by atoms with Gasteiger partial charge in [0, 0.05) is 30.8 Å². The van der Waals surface area contributed by atoms with Gasteiger partial charge < -0.3 is 32.4 Å². The van der Waals surface area contributed by atoms with Gasteiger partial charge >= 0.3 is 5.97 Å². The van der Waals surface area contributed by atoms with Crippen LogP contribution in [0.25, 0.3) is 0 Å². The summed E-state index contributed by atoms with van der Waals surface area (Å²) >= 11 is 0. The topological polar surface area (TPSA) is 201 Å². The predicted octanol–water partition coefficient (Wildman–Crippen LogP) is 2.63. The third-order valence-corrected chi connectivity index (χ3v) is 7.75. The Morgan fingerprint density at radius 1 is 0.911 bits per heavy atom. The van der Waals surface area contributed by atoms with E-state index in [4.69, 9.17) is 21.9 Å². The minimum absolute atomic E-state index is 0.00162. The first kappa shape index (κ1) is 35.2. The molecule has 0 aliphatic rings. The van der Waals surface area contributed by atoms with Crippen molar-refractivity contribution in [2.24, 2.45) is 23.1 Å². The van der Waals surface area contributed by atoms with Crippen molar-refractivity contribution in [2.45, 2.75) is 77.4 Å². The highest BCUT2D eigenvalue weighted by atomic mass is 16.5. The number of aromatic nitrogens is 1. The van der Waals surface area contributed by atoms with Gasteiger partial charge in [0.05, 0.1) is 29.3 Å². The quantitative estimate of drug-likeness (QED) is 0.125. The molecule has 0 aliphatic heterocycles. The van der Waals surface area contributed by atoms with Crippen LogP contribution in [0.4, 0.5) is 0 Å². The van der Waals surface area contributed by atoms with E-state index in [0.29, 0.717) is 0 Å². The van der Waals surface area contributed by atoms with Crippen molar-refractivity contribution in [1.29, 1.82) is 0 Å². The molecule has 3 rings (SSSR count). The van der Waals surface area contributed by atoms with E-state index >= 15 is 0 Å². The summed E-state index contributed by atoms with van der Waals surface area (Å²) in [6, 6.07) is 15.5. The van der Waals surface area contributed by atoms with Crippen LogP contribution in [0.1, 0.15) is 87.9 Å². The van der Waals surface area contributed by atoms with Crippen LogP contribution in [-0.4, -0.2) is 57.8 Å². The summed E-state index contributed by atoms with van der Waals surface area (Å²) in [4.78, 5) is 57.6. The lowest BCUT2D eigenvalue weighted by atomic mass is 9.86. The number of Topliss-reactive ketones (excluding diaryl/α,β-unsaturated/α-hetero) is 2. The molecule has 11 nitrogen and oxygen atoms in total. The number of hydrogen-bond donors (Lipinski definition) is 5. The summed E-state index contributed by atoms with van der Waals surface area (Å²) in [5.41, 5.74) is 19.2. The average Bonchev–Trinajstić information content (AvgIpc) is 3.04. The number of nitrogens with zero attached hydrogens (tertiary/aromatic N) is 1. The number of carbonyl (C=O) groups excluding carboxylic acids is 4. The lowest BCUT2D eigenvalue weighted by Gasteiger charge is -2.26. The molecule has 45 heavy (non-hydrogen) atoms. The van der Waals surface area contributed by atoms with Gasteiger partial charge in [-0.05, 0) is 29.9 Å². The zero-order chi connectivity index (χ0) is 33.3. The van der Waals surface area contributed by atoms with Crippen LogP contribution in [0, 0.1) is 5.92 Å². The van der Waals surface area contributed by atoms with Crippen LogP contribution in [0.3, 0.4) is 0 Å². The van der Waals surface area contributed by atoms with E-state index in [9.17, 15) is 24.3 Å². The zero-order valence-electron chi connectivity index (χ0n) is 26.1. The summed E-state index contributed by atoms with van der Waals surface area (Å²) in [5, 5.41) is 13.8. The van der Waals surface area contributed by atoms with Crippen molar-refractivity contribution >= 4 is 23.4 Å². The Bertz CT molecular complexity index is 1480. The number of aliphatic hydroxyl groups excluding tert-OH is 1. The summed E-state index contributed by atoms with van der Waals surface area (Å²) in [6.45, 7) is 6.41. The molecule has 0 fully saturated rings. The van der Waals surface area contributed by atoms with Crippen LogP contribution in [0.2, 0.25) is 0 Å². The number of esters is 1. The average molecular weight is 618 g/mol. The largest absolute Gasteiger partial charge is 0.457 e. The monoisotopic (exact) mass is 617 g/mol. The van der Waals surface area contributed by atoms with Crippen molar-refractivity contribution in [1.82, 2.24) is 10.3 Å². The molecule has 0 bridgehead atoms. The minimum atomic E-state index is -1.32. The van der Waals surface area contributed by atoms with Crippen LogP contribution < -0.4 is 22.5 Å². The minimum Gasteiger partial charge on any atom is -0.457 e. The van der Waals surface area contributed by atoms with E-state index in [0.717, 1.165) is 17.3 Å². The number of benzene rings is 2. The predicted molar refractivity (Wildman–Crippen MR) is 170 cm³/mol. The first-order valence-electron chi connectivity index (χ1n) is 14.9. The molecule has 0 radical (unpaired) electrons. The van der Waals surface area contributed by atoms with Crippen molar-refractivity contribution < 1.29 is 29.0 Å². The molecule has 1 aromatic heterocycles. The maximum atomic E-state index is 14.0. The number of hydrogen-bond acceptors (Lipinski definition) is 10. The zero-order valence-corrected chi connectivity index (χ0v) is 26.1. The van der Waals surface area contributed by atoms with Crippen molar-refractivity contribution in [3.63, 3.8) is 0 Å². The van der Waals surface area contributed by atoms with Gasteiger partial charge in [0.25, 0.3) is 0 Å². The number of nitrogens with one attached hydrogen (secondary N) is 1. The van der Waals surface area contributed by atoms with Gasteiger partial charge in [-0.1, -0.05) is 81.4 Å². The summed E-state index contributed by atoms with van der Waals surface area (Å²) < 4.78 is 5.52. The lowest BCUT2D eigenvalue weighted by Crippen LogP contribution is -2.44. The molecule has 1 amide bonds. The normalized spacial score (nSPS) is 14.6. The second-order valence-corrected chi connectivity index (χ2v) is 11.5. The van der Waals surface area contributed by atoms with Gasteiger partial charge in [-0.25, -0.2) is 4.79 Å². The highest BCUT2D eigenvalue weighted by Crippen LogP contribution is 2.26. The summed E-state index contributed by atoms with van der Waals surface area (Å²) in [5.74, 6) is -3.23. The Labute approximate surface area is 263 Å². The highest BCUT2D eigenvalue weighted by Gasteiger charge is 2.32. The molecule has 8 N–H and O–H groups in total. The van der Waals surface area contributed by atoms with Gasteiger partial charge in [-0.3, -0.25) is 19.4 Å². The number of pyridine rings is 1. The molecule has 240 valence electrons. The molecule has 0 saturated heterocycles. The van der Waals surface area contributed by atoms with Crippen molar-refractivity contribution in [3.05, 3.63) is 100 Å². The Morgan fingerprint density at radius 3 is 2.09 bits per heavy atom. The second kappa shape index (κ2) is 16.1. The summed E-state index contributed by atoms with van der Waals surface area (Å²) in [7, 11) is 0. The van der Waals surface area contributed by atoms with E-state index in [1.165, 1.54) is 6.92 Å². The lowest BCUT2D eigenvalue weighted by molar-refractivity contribution is -0.123. The van der Waals surface area contributed by atoms with E-state index < -0.39 is 54.1 Å². The number of nitrogens with two attached hydrogens (primary N) is 3. The van der Waals surface area contributed by atoms with Gasteiger partial charge in [0.1, 0.15) is 12.3 Å². The molecule has 0 aliphatic carbocycles. The smallest absolute Gasteiger partial charge is 0.340 e. The Morgan fingerprint density at radius 2 is 1.51 bits per heavy atom. The van der Waals surface area contributed by atoms with E-state index in [-0.39, 0.29) is 47.4 Å². The number of amides is 1. The second-order valence-electron chi connectivity index (χ2n) is 11.5. The van der Waals surface area contributed by atoms with Gasteiger partial charge in [0.2, 0.25) is 5.91 Å². The van der Waals surface area contributed by atoms with E-state index in [1.807, 2.05) is 43.3 Å². The standard InChI is InChI=1S/C34H43N5O6/c1-19(2)29(36)33(43)39-16-24-25(34(44)45-18-22-11-7-5-8-12-22)17-38-31(32(42)21(4)35)28(24)26(40)15-27(41)30(37)20(3)23-13-9-6-10-14-23/h5-14,17,19-21,27,29-30,41H,15-16,18,35-37H2,1-4H3,(H,39,43)/t20?,21?,27-,29?,30+/m0/s1. The fraction of sp³-hybridized carbons (Fsp3) is 0.382. The highest BCUT2D eigenvalue weighted by molar-refractivity contribution is 6.11. The van der Waals surface area contributed by atoms with Crippen molar-refractivity contribution in [3.8, 4) is 0 Å². The fourth-order valence-electron chi connectivity index (χ4n) is 4.75. The van der Waals surface area contributed by atoms with Crippen LogP contribution in [-0.2, 0) is 22.7 Å². The Balaban J connectivity index is 2.05. The number of rotatable bonds is 15. The SMILES string of the molecule is CC(N)C(=O)c1ncc(C(=O)OCc2ccccc2)c(CNC(=O)C(N)C(C)C)c1C(=O)C[C@H](O)[C@H](N)C(C)c1ccccc1.